The number of fused-ring (bicyclic) bond motifs is 1. The standard InChI is InChI=1S/C31H34N2O3/c34-30(35)31(18-9-16-25-11-7-8-17-28(25)31)36-24-10-19-32-20-22-33(23-21-32)29(26-12-3-1-4-13-26)27-14-5-2-6-15-27/h1-9,11-17,29H,10,18-24H2,(H,34,35). The predicted octanol–water partition coefficient (Wildman–Crippen LogP) is 5.20. The van der Waals surface area contributed by atoms with Gasteiger partial charge < -0.3 is 14.7 Å². The van der Waals surface area contributed by atoms with Crippen molar-refractivity contribution < 1.29 is 14.6 Å². The Hall–Kier alpha value is -3.25. The predicted molar refractivity (Wildman–Crippen MR) is 143 cm³/mol. The molecule has 1 unspecified atom stereocenters. The van der Waals surface area contributed by atoms with Crippen LogP contribution in [0.4, 0.5) is 0 Å². The Labute approximate surface area is 213 Å². The monoisotopic (exact) mass is 482 g/mol. The van der Waals surface area contributed by atoms with Gasteiger partial charge in [-0.2, -0.15) is 0 Å². The summed E-state index contributed by atoms with van der Waals surface area (Å²) in [6.45, 7) is 5.30. The topological polar surface area (TPSA) is 53.0 Å². The molecule has 1 atom stereocenters. The van der Waals surface area contributed by atoms with Crippen LogP contribution in [-0.2, 0) is 15.1 Å². The Morgan fingerprint density at radius 2 is 1.47 bits per heavy atom. The molecule has 0 spiro atoms. The van der Waals surface area contributed by atoms with Gasteiger partial charge in [-0.25, -0.2) is 4.79 Å². The largest absolute Gasteiger partial charge is 0.479 e. The summed E-state index contributed by atoms with van der Waals surface area (Å²) >= 11 is 0. The molecule has 2 aliphatic rings. The Balaban J connectivity index is 1.16. The summed E-state index contributed by atoms with van der Waals surface area (Å²) in [4.78, 5) is 17.3. The van der Waals surface area contributed by atoms with Crippen LogP contribution >= 0.6 is 0 Å². The smallest absolute Gasteiger partial charge is 0.341 e. The second kappa shape index (κ2) is 11.2. The van der Waals surface area contributed by atoms with Gasteiger partial charge in [-0.05, 0) is 23.1 Å². The number of carboxylic acids is 1. The van der Waals surface area contributed by atoms with Crippen molar-refractivity contribution >= 4 is 12.0 Å². The van der Waals surface area contributed by atoms with Gasteiger partial charge >= 0.3 is 5.97 Å². The average Bonchev–Trinajstić information content (AvgIpc) is 2.93. The van der Waals surface area contributed by atoms with Crippen LogP contribution in [0.15, 0.2) is 91.0 Å². The van der Waals surface area contributed by atoms with Crippen LogP contribution in [0.2, 0.25) is 0 Å². The van der Waals surface area contributed by atoms with Gasteiger partial charge in [0.15, 0.2) is 5.60 Å². The van der Waals surface area contributed by atoms with E-state index in [4.69, 9.17) is 4.74 Å². The van der Waals surface area contributed by atoms with Gasteiger partial charge in [0, 0.05) is 51.3 Å². The molecule has 1 aliphatic heterocycles. The highest BCUT2D eigenvalue weighted by Crippen LogP contribution is 2.37. The van der Waals surface area contributed by atoms with Gasteiger partial charge in [0.1, 0.15) is 0 Å². The summed E-state index contributed by atoms with van der Waals surface area (Å²) in [7, 11) is 0. The molecule has 5 rings (SSSR count). The number of rotatable bonds is 9. The zero-order valence-corrected chi connectivity index (χ0v) is 20.6. The molecule has 0 bridgehead atoms. The van der Waals surface area contributed by atoms with Gasteiger partial charge in [0.25, 0.3) is 0 Å². The Bertz CT molecular complexity index is 1130. The molecule has 36 heavy (non-hydrogen) atoms. The van der Waals surface area contributed by atoms with Crippen molar-refractivity contribution in [2.75, 3.05) is 39.3 Å². The van der Waals surface area contributed by atoms with Gasteiger partial charge in [0.2, 0.25) is 0 Å². The number of carbonyl (C=O) groups is 1. The number of piperazine rings is 1. The molecule has 1 saturated heterocycles. The minimum atomic E-state index is -1.29. The highest BCUT2D eigenvalue weighted by molar-refractivity contribution is 5.83. The van der Waals surface area contributed by atoms with E-state index in [-0.39, 0.29) is 6.04 Å². The third-order valence-electron chi connectivity index (χ3n) is 7.41. The van der Waals surface area contributed by atoms with Crippen LogP contribution in [0.25, 0.3) is 6.08 Å². The third-order valence-corrected chi connectivity index (χ3v) is 7.41. The first kappa shape index (κ1) is 24.4. The molecular formula is C31H34N2O3. The average molecular weight is 483 g/mol. The Morgan fingerprint density at radius 1 is 0.861 bits per heavy atom. The summed E-state index contributed by atoms with van der Waals surface area (Å²) < 4.78 is 6.14. The second-order valence-electron chi connectivity index (χ2n) is 9.63. The van der Waals surface area contributed by atoms with E-state index in [2.05, 4.69) is 70.5 Å². The van der Waals surface area contributed by atoms with Gasteiger partial charge in [-0.15, -0.1) is 0 Å². The summed E-state index contributed by atoms with van der Waals surface area (Å²) in [6, 6.07) is 29.4. The molecule has 5 heteroatoms. The SMILES string of the molecule is O=C(O)C1(OCCCN2CCN(C(c3ccccc3)c3ccccc3)CC2)CC=Cc2ccccc21. The van der Waals surface area contributed by atoms with E-state index in [9.17, 15) is 9.90 Å². The molecular weight excluding hydrogens is 448 g/mol. The fourth-order valence-corrected chi connectivity index (χ4v) is 5.54. The molecule has 5 nitrogen and oxygen atoms in total. The van der Waals surface area contributed by atoms with Crippen molar-refractivity contribution in [3.05, 3.63) is 113 Å². The number of hydrogen-bond acceptors (Lipinski definition) is 4. The fraction of sp³-hybridized carbons (Fsp3) is 0.323. The number of nitrogens with zero attached hydrogens (tertiary/aromatic N) is 2. The van der Waals surface area contributed by atoms with E-state index < -0.39 is 11.6 Å². The quantitative estimate of drug-likeness (QED) is 0.425. The van der Waals surface area contributed by atoms with Crippen LogP contribution in [-0.4, -0.2) is 60.2 Å². The molecule has 0 amide bonds. The molecule has 1 heterocycles. The number of hydrogen-bond donors (Lipinski definition) is 1. The van der Waals surface area contributed by atoms with Crippen molar-refractivity contribution in [1.29, 1.82) is 0 Å². The van der Waals surface area contributed by atoms with Gasteiger partial charge in [-0.1, -0.05) is 97.1 Å². The van der Waals surface area contributed by atoms with Crippen molar-refractivity contribution in [2.24, 2.45) is 0 Å². The van der Waals surface area contributed by atoms with E-state index in [0.717, 1.165) is 50.3 Å². The molecule has 1 N–H and O–H groups in total. The molecule has 3 aromatic rings. The lowest BCUT2D eigenvalue weighted by molar-refractivity contribution is -0.168. The minimum absolute atomic E-state index is 0.257. The van der Waals surface area contributed by atoms with Crippen LogP contribution < -0.4 is 0 Å². The van der Waals surface area contributed by atoms with Gasteiger partial charge in [0.05, 0.1) is 6.04 Å². The molecule has 0 saturated carbocycles. The Morgan fingerprint density at radius 3 is 2.11 bits per heavy atom. The first-order valence-electron chi connectivity index (χ1n) is 12.9. The highest BCUT2D eigenvalue weighted by atomic mass is 16.5. The Kier molecular flexibility index (Phi) is 7.61. The van der Waals surface area contributed by atoms with Crippen LogP contribution in [0, 0.1) is 0 Å². The summed E-state index contributed by atoms with van der Waals surface area (Å²) in [6.07, 6.45) is 5.06. The third kappa shape index (κ3) is 5.14. The van der Waals surface area contributed by atoms with E-state index in [1.807, 2.05) is 36.4 Å². The number of ether oxygens (including phenoxy) is 1. The lowest BCUT2D eigenvalue weighted by atomic mass is 9.82. The lowest BCUT2D eigenvalue weighted by Crippen LogP contribution is -2.48. The zero-order chi connectivity index (χ0) is 24.8. The van der Waals surface area contributed by atoms with E-state index >= 15 is 0 Å². The fourth-order valence-electron chi connectivity index (χ4n) is 5.54. The first-order valence-corrected chi connectivity index (χ1v) is 12.9. The van der Waals surface area contributed by atoms with Crippen LogP contribution in [0.1, 0.15) is 41.1 Å². The molecule has 0 aromatic heterocycles. The minimum Gasteiger partial charge on any atom is -0.479 e. The van der Waals surface area contributed by atoms with Gasteiger partial charge in [-0.3, -0.25) is 4.90 Å². The summed E-state index contributed by atoms with van der Waals surface area (Å²) in [5.41, 5.74) is 3.04. The number of carboxylic acid groups (broad SMARTS) is 1. The van der Waals surface area contributed by atoms with Crippen molar-refractivity contribution in [3.8, 4) is 0 Å². The zero-order valence-electron chi connectivity index (χ0n) is 20.6. The maximum Gasteiger partial charge on any atom is 0.341 e. The van der Waals surface area contributed by atoms with Crippen molar-refractivity contribution in [1.82, 2.24) is 9.80 Å². The number of aliphatic carboxylic acids is 1. The molecule has 1 fully saturated rings. The summed E-state index contributed by atoms with van der Waals surface area (Å²) in [5, 5.41) is 10.1. The first-order chi connectivity index (χ1) is 17.7. The van der Waals surface area contributed by atoms with Crippen molar-refractivity contribution in [2.45, 2.75) is 24.5 Å². The molecule has 186 valence electrons. The highest BCUT2D eigenvalue weighted by Gasteiger charge is 2.43. The summed E-state index contributed by atoms with van der Waals surface area (Å²) in [5.74, 6) is -0.916. The van der Waals surface area contributed by atoms with Crippen molar-refractivity contribution in [3.63, 3.8) is 0 Å². The molecule has 1 aliphatic carbocycles. The molecule has 3 aromatic carbocycles. The van der Waals surface area contributed by atoms with E-state index in [1.165, 1.54) is 11.1 Å². The van der Waals surface area contributed by atoms with Crippen LogP contribution in [0.3, 0.4) is 0 Å². The van der Waals surface area contributed by atoms with Crippen LogP contribution in [0.5, 0.6) is 0 Å². The van der Waals surface area contributed by atoms with E-state index in [0.29, 0.717) is 13.0 Å². The normalized spacial score (nSPS) is 20.4. The number of benzene rings is 3. The lowest BCUT2D eigenvalue weighted by Gasteiger charge is -2.40. The van der Waals surface area contributed by atoms with E-state index in [1.54, 1.807) is 0 Å². The maximum absolute atomic E-state index is 12.3. The maximum atomic E-state index is 12.3. The second-order valence-corrected chi connectivity index (χ2v) is 9.63. The molecule has 0 radical (unpaired) electrons.